The number of hydrogen-bond donors (Lipinski definition) is 0. The van der Waals surface area contributed by atoms with E-state index in [1.165, 1.54) is 10.6 Å². The molecule has 2 aromatic rings. The minimum absolute atomic E-state index is 0.156. The topological polar surface area (TPSA) is 25.2 Å². The summed E-state index contributed by atoms with van der Waals surface area (Å²) < 4.78 is 2.24. The monoisotopic (exact) mass is 274 g/mol. The van der Waals surface area contributed by atoms with Crippen LogP contribution in [-0.4, -0.2) is 21.9 Å². The highest BCUT2D eigenvalue weighted by molar-refractivity contribution is 7.14. The van der Waals surface area contributed by atoms with Crippen LogP contribution in [0.25, 0.3) is 0 Å². The number of aryl methyl sites for hydroxylation is 1. The van der Waals surface area contributed by atoms with Crippen LogP contribution in [0.15, 0.2) is 30.5 Å². The van der Waals surface area contributed by atoms with Crippen LogP contribution in [-0.2, 0) is 13.0 Å². The van der Waals surface area contributed by atoms with E-state index in [0.29, 0.717) is 0 Å². The van der Waals surface area contributed by atoms with Crippen molar-refractivity contribution in [3.8, 4) is 0 Å². The van der Waals surface area contributed by atoms with Gasteiger partial charge in [0.25, 0.3) is 5.91 Å². The van der Waals surface area contributed by atoms with Crippen molar-refractivity contribution in [2.24, 2.45) is 0 Å². The van der Waals surface area contributed by atoms with E-state index in [1.807, 2.05) is 11.0 Å². The van der Waals surface area contributed by atoms with Crippen LogP contribution >= 0.6 is 11.3 Å². The standard InChI is InChI=1S/C15H18N2OS/c1-3-12-6-7-14(19-12)15(18)17-10-9-16-8-4-5-13(16)11(17)2/h4-8,11H,3,9-10H2,1-2H3. The molecule has 1 unspecified atom stereocenters. The van der Waals surface area contributed by atoms with E-state index in [9.17, 15) is 4.79 Å². The average Bonchev–Trinajstić information content (AvgIpc) is 3.07. The third kappa shape index (κ3) is 2.10. The molecule has 1 aliphatic rings. The highest BCUT2D eigenvalue weighted by Crippen LogP contribution is 2.28. The van der Waals surface area contributed by atoms with E-state index in [4.69, 9.17) is 0 Å². The predicted octanol–water partition coefficient (Wildman–Crippen LogP) is 3.33. The molecule has 2 aromatic heterocycles. The second-order valence-electron chi connectivity index (χ2n) is 4.92. The zero-order valence-electron chi connectivity index (χ0n) is 11.3. The fourth-order valence-corrected chi connectivity index (χ4v) is 3.58. The Kier molecular flexibility index (Phi) is 3.19. The van der Waals surface area contributed by atoms with E-state index < -0.39 is 0 Å². The molecule has 1 aliphatic heterocycles. The number of amides is 1. The molecule has 1 amide bonds. The van der Waals surface area contributed by atoms with Crippen molar-refractivity contribution in [1.29, 1.82) is 0 Å². The van der Waals surface area contributed by atoms with Gasteiger partial charge < -0.3 is 9.47 Å². The minimum Gasteiger partial charge on any atom is -0.348 e. The maximum absolute atomic E-state index is 12.6. The summed E-state index contributed by atoms with van der Waals surface area (Å²) in [6.45, 7) is 5.92. The Hall–Kier alpha value is -1.55. The Morgan fingerprint density at radius 3 is 2.95 bits per heavy atom. The van der Waals surface area contributed by atoms with Crippen LogP contribution in [0, 0.1) is 0 Å². The summed E-state index contributed by atoms with van der Waals surface area (Å²) in [4.78, 5) is 16.7. The van der Waals surface area contributed by atoms with Gasteiger partial charge in [0.05, 0.1) is 10.9 Å². The molecular weight excluding hydrogens is 256 g/mol. The van der Waals surface area contributed by atoms with Crippen molar-refractivity contribution in [3.05, 3.63) is 45.9 Å². The number of carbonyl (C=O) groups is 1. The van der Waals surface area contributed by atoms with Gasteiger partial charge in [0.15, 0.2) is 0 Å². The van der Waals surface area contributed by atoms with E-state index in [0.717, 1.165) is 24.4 Å². The Labute approximate surface area is 117 Å². The zero-order valence-corrected chi connectivity index (χ0v) is 12.1. The molecule has 3 nitrogen and oxygen atoms in total. The largest absolute Gasteiger partial charge is 0.348 e. The lowest BCUT2D eigenvalue weighted by Crippen LogP contribution is -2.40. The summed E-state index contributed by atoms with van der Waals surface area (Å²) >= 11 is 1.62. The summed E-state index contributed by atoms with van der Waals surface area (Å²) in [6, 6.07) is 8.35. The van der Waals surface area contributed by atoms with Gasteiger partial charge in [0.2, 0.25) is 0 Å². The third-order valence-corrected chi connectivity index (χ3v) is 5.04. The number of aromatic nitrogens is 1. The normalized spacial score (nSPS) is 18.4. The summed E-state index contributed by atoms with van der Waals surface area (Å²) in [6.07, 6.45) is 3.09. The van der Waals surface area contributed by atoms with Gasteiger partial charge in [0.1, 0.15) is 0 Å². The van der Waals surface area contributed by atoms with Crippen molar-refractivity contribution >= 4 is 17.2 Å². The maximum atomic E-state index is 12.6. The van der Waals surface area contributed by atoms with Gasteiger partial charge in [0, 0.05) is 29.9 Å². The van der Waals surface area contributed by atoms with Gasteiger partial charge in [-0.1, -0.05) is 6.92 Å². The Morgan fingerprint density at radius 2 is 2.21 bits per heavy atom. The van der Waals surface area contributed by atoms with Gasteiger partial charge in [-0.2, -0.15) is 0 Å². The molecule has 0 spiro atoms. The molecule has 100 valence electrons. The number of hydrogen-bond acceptors (Lipinski definition) is 2. The Morgan fingerprint density at radius 1 is 1.37 bits per heavy atom. The third-order valence-electron chi connectivity index (χ3n) is 3.82. The molecule has 0 aromatic carbocycles. The first-order valence-corrected chi connectivity index (χ1v) is 7.57. The van der Waals surface area contributed by atoms with Crippen LogP contribution < -0.4 is 0 Å². The van der Waals surface area contributed by atoms with Crippen molar-refractivity contribution in [1.82, 2.24) is 9.47 Å². The predicted molar refractivity (Wildman–Crippen MR) is 77.6 cm³/mol. The first kappa shape index (κ1) is 12.5. The number of thiophene rings is 1. The SMILES string of the molecule is CCc1ccc(C(=O)N2CCn3cccc3C2C)s1. The molecular formula is C15H18N2OS. The summed E-state index contributed by atoms with van der Waals surface area (Å²) in [7, 11) is 0. The molecule has 0 aliphatic carbocycles. The number of rotatable bonds is 2. The van der Waals surface area contributed by atoms with Gasteiger partial charge in [-0.15, -0.1) is 11.3 Å². The second kappa shape index (κ2) is 4.85. The minimum atomic E-state index is 0.156. The number of fused-ring (bicyclic) bond motifs is 1. The lowest BCUT2D eigenvalue weighted by molar-refractivity contribution is 0.0649. The average molecular weight is 274 g/mol. The van der Waals surface area contributed by atoms with Gasteiger partial charge >= 0.3 is 0 Å². The molecule has 1 atom stereocenters. The molecule has 0 N–H and O–H groups in total. The fraction of sp³-hybridized carbons (Fsp3) is 0.400. The van der Waals surface area contributed by atoms with Crippen LogP contribution in [0.3, 0.4) is 0 Å². The molecule has 0 fully saturated rings. The maximum Gasteiger partial charge on any atom is 0.264 e. The first-order valence-electron chi connectivity index (χ1n) is 6.75. The zero-order chi connectivity index (χ0) is 13.4. The van der Waals surface area contributed by atoms with Crippen LogP contribution in [0.2, 0.25) is 0 Å². The molecule has 0 bridgehead atoms. The number of nitrogens with zero attached hydrogens (tertiary/aromatic N) is 2. The lowest BCUT2D eigenvalue weighted by atomic mass is 10.1. The van der Waals surface area contributed by atoms with Gasteiger partial charge in [-0.3, -0.25) is 4.79 Å². The molecule has 19 heavy (non-hydrogen) atoms. The molecule has 0 saturated carbocycles. The molecule has 0 saturated heterocycles. The fourth-order valence-electron chi connectivity index (χ4n) is 2.68. The van der Waals surface area contributed by atoms with Gasteiger partial charge in [-0.25, -0.2) is 0 Å². The molecule has 4 heteroatoms. The van der Waals surface area contributed by atoms with E-state index in [1.54, 1.807) is 11.3 Å². The Bertz CT molecular complexity index is 599. The summed E-state index contributed by atoms with van der Waals surface area (Å²) in [5.74, 6) is 0.171. The first-order chi connectivity index (χ1) is 9.20. The van der Waals surface area contributed by atoms with Crippen molar-refractivity contribution in [3.63, 3.8) is 0 Å². The quantitative estimate of drug-likeness (QED) is 0.824. The highest BCUT2D eigenvalue weighted by Gasteiger charge is 2.28. The smallest absolute Gasteiger partial charge is 0.264 e. The van der Waals surface area contributed by atoms with Crippen LogP contribution in [0.4, 0.5) is 0 Å². The summed E-state index contributed by atoms with van der Waals surface area (Å²) in [5.41, 5.74) is 1.23. The summed E-state index contributed by atoms with van der Waals surface area (Å²) in [5, 5.41) is 0. The molecule has 0 radical (unpaired) electrons. The van der Waals surface area contributed by atoms with E-state index in [2.05, 4.69) is 42.8 Å². The molecule has 3 heterocycles. The Balaban J connectivity index is 1.85. The van der Waals surface area contributed by atoms with Crippen LogP contribution in [0.5, 0.6) is 0 Å². The molecule has 3 rings (SSSR count). The van der Waals surface area contributed by atoms with E-state index in [-0.39, 0.29) is 11.9 Å². The van der Waals surface area contributed by atoms with Crippen molar-refractivity contribution in [2.75, 3.05) is 6.54 Å². The van der Waals surface area contributed by atoms with Crippen molar-refractivity contribution in [2.45, 2.75) is 32.9 Å². The highest BCUT2D eigenvalue weighted by atomic mass is 32.1. The number of carbonyl (C=O) groups excluding carboxylic acids is 1. The van der Waals surface area contributed by atoms with Gasteiger partial charge in [-0.05, 0) is 37.6 Å². The van der Waals surface area contributed by atoms with Crippen molar-refractivity contribution < 1.29 is 4.79 Å². The van der Waals surface area contributed by atoms with E-state index >= 15 is 0 Å². The van der Waals surface area contributed by atoms with Crippen LogP contribution in [0.1, 0.15) is 40.1 Å². The second-order valence-corrected chi connectivity index (χ2v) is 6.09. The lowest BCUT2D eigenvalue weighted by Gasteiger charge is -2.34.